The quantitative estimate of drug-likeness (QED) is 0.809. The first-order valence-electron chi connectivity index (χ1n) is 8.88. The van der Waals surface area contributed by atoms with Gasteiger partial charge in [-0.15, -0.1) is 10.2 Å². The van der Waals surface area contributed by atoms with Crippen LogP contribution in [-0.4, -0.2) is 40.5 Å². The number of hydrogen-bond donors (Lipinski definition) is 1. The number of ether oxygens (including phenoxy) is 2. The molecule has 0 aliphatic carbocycles. The lowest BCUT2D eigenvalue weighted by atomic mass is 9.96. The van der Waals surface area contributed by atoms with E-state index in [1.165, 1.54) is 0 Å². The molecule has 1 amide bonds. The number of nitrogens with zero attached hydrogens (tertiary/aromatic N) is 3. The normalized spacial score (nSPS) is 19.1. The molecule has 1 aliphatic heterocycles. The molecule has 1 fully saturated rings. The van der Waals surface area contributed by atoms with Crippen LogP contribution < -0.4 is 10.1 Å². The molecule has 26 heavy (non-hydrogen) atoms. The van der Waals surface area contributed by atoms with Crippen molar-refractivity contribution in [2.24, 2.45) is 5.92 Å². The van der Waals surface area contributed by atoms with Gasteiger partial charge in [-0.05, 0) is 31.7 Å². The molecule has 3 atom stereocenters. The fourth-order valence-electron chi connectivity index (χ4n) is 2.82. The van der Waals surface area contributed by atoms with E-state index in [1.807, 2.05) is 6.92 Å². The molecule has 0 saturated carbocycles. The van der Waals surface area contributed by atoms with Crippen LogP contribution in [0.2, 0.25) is 0 Å². The minimum absolute atomic E-state index is 0.0339. The lowest BCUT2D eigenvalue weighted by Gasteiger charge is -2.22. The number of amides is 1. The van der Waals surface area contributed by atoms with Crippen molar-refractivity contribution in [1.82, 2.24) is 20.7 Å². The van der Waals surface area contributed by atoms with Crippen molar-refractivity contribution in [2.75, 3.05) is 13.2 Å². The van der Waals surface area contributed by atoms with Gasteiger partial charge >= 0.3 is 0 Å². The van der Waals surface area contributed by atoms with Crippen LogP contribution in [0.1, 0.15) is 54.6 Å². The van der Waals surface area contributed by atoms with Crippen molar-refractivity contribution in [3.05, 3.63) is 35.3 Å². The van der Waals surface area contributed by atoms with Crippen LogP contribution in [0.5, 0.6) is 5.88 Å². The highest BCUT2D eigenvalue weighted by Crippen LogP contribution is 2.31. The van der Waals surface area contributed by atoms with Gasteiger partial charge in [0, 0.05) is 12.7 Å². The first-order chi connectivity index (χ1) is 12.6. The number of aromatic nitrogens is 3. The maximum Gasteiger partial charge on any atom is 0.272 e. The SMILES string of the molecule is CCC(C)C(Oc1ccc(C(=O)NC2CCOC2)nn1)c1cnoc1C. The van der Waals surface area contributed by atoms with Crippen molar-refractivity contribution in [2.45, 2.75) is 45.8 Å². The Bertz CT molecular complexity index is 725. The summed E-state index contributed by atoms with van der Waals surface area (Å²) in [6, 6.07) is 3.30. The Morgan fingerprint density at radius 2 is 2.27 bits per heavy atom. The fourth-order valence-corrected chi connectivity index (χ4v) is 2.82. The molecule has 8 heteroatoms. The van der Waals surface area contributed by atoms with Crippen LogP contribution in [0.4, 0.5) is 0 Å². The van der Waals surface area contributed by atoms with Crippen molar-refractivity contribution in [3.8, 4) is 5.88 Å². The third-order valence-electron chi connectivity index (χ3n) is 4.64. The van der Waals surface area contributed by atoms with Gasteiger partial charge in [0.25, 0.3) is 5.91 Å². The van der Waals surface area contributed by atoms with E-state index < -0.39 is 0 Å². The average molecular weight is 360 g/mol. The molecule has 0 radical (unpaired) electrons. The highest BCUT2D eigenvalue weighted by atomic mass is 16.5. The lowest BCUT2D eigenvalue weighted by Crippen LogP contribution is -2.35. The zero-order chi connectivity index (χ0) is 18.5. The van der Waals surface area contributed by atoms with E-state index in [9.17, 15) is 4.79 Å². The molecule has 2 aromatic heterocycles. The Kier molecular flexibility index (Phi) is 5.82. The molecule has 3 unspecified atom stereocenters. The molecule has 3 rings (SSSR count). The summed E-state index contributed by atoms with van der Waals surface area (Å²) in [5.74, 6) is 1.06. The smallest absolute Gasteiger partial charge is 0.272 e. The monoisotopic (exact) mass is 360 g/mol. The molecule has 0 aromatic carbocycles. The predicted molar refractivity (Wildman–Crippen MR) is 92.8 cm³/mol. The van der Waals surface area contributed by atoms with Gasteiger partial charge in [-0.3, -0.25) is 4.79 Å². The zero-order valence-corrected chi connectivity index (χ0v) is 15.3. The Morgan fingerprint density at radius 3 is 2.85 bits per heavy atom. The molecule has 0 bridgehead atoms. The number of rotatable bonds is 7. The molecule has 140 valence electrons. The predicted octanol–water partition coefficient (Wildman–Crippen LogP) is 2.46. The van der Waals surface area contributed by atoms with E-state index in [0.717, 1.165) is 24.2 Å². The topological polar surface area (TPSA) is 99.4 Å². The van der Waals surface area contributed by atoms with Crippen LogP contribution in [-0.2, 0) is 4.74 Å². The second-order valence-corrected chi connectivity index (χ2v) is 6.55. The van der Waals surface area contributed by atoms with Gasteiger partial charge in [-0.25, -0.2) is 0 Å². The van der Waals surface area contributed by atoms with Crippen molar-refractivity contribution < 1.29 is 18.8 Å². The number of nitrogens with one attached hydrogen (secondary N) is 1. The van der Waals surface area contributed by atoms with Gasteiger partial charge < -0.3 is 19.3 Å². The van der Waals surface area contributed by atoms with E-state index in [4.69, 9.17) is 14.0 Å². The third kappa shape index (κ3) is 4.19. The first kappa shape index (κ1) is 18.3. The average Bonchev–Trinajstić information content (AvgIpc) is 3.31. The molecular weight excluding hydrogens is 336 g/mol. The Morgan fingerprint density at radius 1 is 1.42 bits per heavy atom. The summed E-state index contributed by atoms with van der Waals surface area (Å²) < 4.78 is 16.4. The highest BCUT2D eigenvalue weighted by Gasteiger charge is 2.25. The first-order valence-corrected chi connectivity index (χ1v) is 8.88. The van der Waals surface area contributed by atoms with Crippen LogP contribution >= 0.6 is 0 Å². The molecule has 1 saturated heterocycles. The summed E-state index contributed by atoms with van der Waals surface area (Å²) in [7, 11) is 0. The van der Waals surface area contributed by atoms with Gasteiger partial charge in [-0.1, -0.05) is 19.0 Å². The van der Waals surface area contributed by atoms with Crippen molar-refractivity contribution >= 4 is 5.91 Å². The summed E-state index contributed by atoms with van der Waals surface area (Å²) in [5.41, 5.74) is 1.15. The summed E-state index contributed by atoms with van der Waals surface area (Å²) in [4.78, 5) is 12.2. The lowest BCUT2D eigenvalue weighted by molar-refractivity contribution is 0.0922. The second-order valence-electron chi connectivity index (χ2n) is 6.55. The molecule has 2 aromatic rings. The minimum Gasteiger partial charge on any atom is -0.468 e. The fraction of sp³-hybridized carbons (Fsp3) is 0.556. The van der Waals surface area contributed by atoms with E-state index >= 15 is 0 Å². The number of carbonyl (C=O) groups is 1. The summed E-state index contributed by atoms with van der Waals surface area (Å²) >= 11 is 0. The van der Waals surface area contributed by atoms with Crippen molar-refractivity contribution in [1.29, 1.82) is 0 Å². The van der Waals surface area contributed by atoms with E-state index in [0.29, 0.717) is 19.1 Å². The standard InChI is InChI=1S/C18H24N4O4/c1-4-11(2)17(14-9-19-26-12(14)3)25-16-6-5-15(21-22-16)18(23)20-13-7-8-24-10-13/h5-6,9,11,13,17H,4,7-8,10H2,1-3H3,(H,20,23). The largest absolute Gasteiger partial charge is 0.468 e. The van der Waals surface area contributed by atoms with Crippen LogP contribution in [0.3, 0.4) is 0 Å². The van der Waals surface area contributed by atoms with Crippen LogP contribution in [0.15, 0.2) is 22.9 Å². The Balaban J connectivity index is 1.68. The zero-order valence-electron chi connectivity index (χ0n) is 15.3. The number of hydrogen-bond acceptors (Lipinski definition) is 7. The van der Waals surface area contributed by atoms with Crippen molar-refractivity contribution in [3.63, 3.8) is 0 Å². The maximum atomic E-state index is 12.2. The number of carbonyl (C=O) groups excluding carboxylic acids is 1. The Hall–Kier alpha value is -2.48. The maximum absolute atomic E-state index is 12.2. The number of aryl methyl sites for hydroxylation is 1. The van der Waals surface area contributed by atoms with Gasteiger partial charge in [-0.2, -0.15) is 0 Å². The molecule has 8 nitrogen and oxygen atoms in total. The summed E-state index contributed by atoms with van der Waals surface area (Å²) in [5, 5.41) is 14.8. The van der Waals surface area contributed by atoms with Crippen LogP contribution in [0.25, 0.3) is 0 Å². The van der Waals surface area contributed by atoms with E-state index in [2.05, 4.69) is 34.5 Å². The van der Waals surface area contributed by atoms with E-state index in [1.54, 1.807) is 18.3 Å². The molecule has 0 spiro atoms. The van der Waals surface area contributed by atoms with Gasteiger partial charge in [0.15, 0.2) is 5.69 Å². The molecule has 3 heterocycles. The van der Waals surface area contributed by atoms with E-state index in [-0.39, 0.29) is 29.7 Å². The highest BCUT2D eigenvalue weighted by molar-refractivity contribution is 5.92. The van der Waals surface area contributed by atoms with Gasteiger partial charge in [0.2, 0.25) is 5.88 Å². The molecule has 1 N–H and O–H groups in total. The molecule has 1 aliphatic rings. The van der Waals surface area contributed by atoms with Crippen LogP contribution in [0, 0.1) is 12.8 Å². The van der Waals surface area contributed by atoms with Gasteiger partial charge in [0.05, 0.1) is 24.4 Å². The summed E-state index contributed by atoms with van der Waals surface area (Å²) in [6.45, 7) is 7.25. The third-order valence-corrected chi connectivity index (χ3v) is 4.64. The summed E-state index contributed by atoms with van der Waals surface area (Å²) in [6.07, 6.45) is 3.17. The molecular formula is C18H24N4O4. The second kappa shape index (κ2) is 8.27. The Labute approximate surface area is 152 Å². The minimum atomic E-state index is -0.257. The van der Waals surface area contributed by atoms with Gasteiger partial charge in [0.1, 0.15) is 11.9 Å².